The average Bonchev–Trinajstić information content (AvgIpc) is 3.22. The average molecular weight is 327 g/mol. The monoisotopic (exact) mass is 327 g/mol. The van der Waals surface area contributed by atoms with Crippen LogP contribution in [0.4, 0.5) is 11.4 Å². The van der Waals surface area contributed by atoms with Gasteiger partial charge in [0.1, 0.15) is 0 Å². The van der Waals surface area contributed by atoms with Crippen molar-refractivity contribution in [1.29, 1.82) is 0 Å². The lowest BCUT2D eigenvalue weighted by Crippen LogP contribution is -2.36. The molecule has 0 aromatic heterocycles. The molecule has 3 fully saturated rings. The minimum Gasteiger partial charge on any atom is -0.367 e. The molecule has 24 heavy (non-hydrogen) atoms. The smallest absolute Gasteiger partial charge is 0.234 e. The molecule has 1 aromatic rings. The third kappa shape index (κ3) is 2.37. The van der Waals surface area contributed by atoms with E-state index in [0.29, 0.717) is 17.5 Å². The van der Waals surface area contributed by atoms with E-state index in [2.05, 4.69) is 10.6 Å². The Morgan fingerprint density at radius 3 is 2.12 bits per heavy atom. The Balaban J connectivity index is 1.40. The highest BCUT2D eigenvalue weighted by Crippen LogP contribution is 2.55. The number of carbonyl (C=O) groups is 3. The van der Waals surface area contributed by atoms with Crippen molar-refractivity contribution in [3.8, 4) is 0 Å². The van der Waals surface area contributed by atoms with E-state index >= 15 is 0 Å². The van der Waals surface area contributed by atoms with Gasteiger partial charge in [0.2, 0.25) is 17.7 Å². The van der Waals surface area contributed by atoms with E-state index in [1.165, 1.54) is 11.8 Å². The predicted molar refractivity (Wildman–Crippen MR) is 88.9 cm³/mol. The second-order valence-corrected chi connectivity index (χ2v) is 7.08. The highest BCUT2D eigenvalue weighted by Gasteiger charge is 2.60. The second kappa shape index (κ2) is 5.61. The van der Waals surface area contributed by atoms with Crippen LogP contribution in [-0.2, 0) is 14.4 Å². The van der Waals surface area contributed by atoms with Crippen LogP contribution in [0.5, 0.6) is 0 Å². The minimum atomic E-state index is -0.120. The van der Waals surface area contributed by atoms with E-state index in [9.17, 15) is 14.4 Å². The maximum atomic E-state index is 12.6. The summed E-state index contributed by atoms with van der Waals surface area (Å²) in [6.07, 6.45) is 3.24. The number of nitrogens with one attached hydrogen (secondary N) is 2. The highest BCUT2D eigenvalue weighted by atomic mass is 16.2. The Bertz CT molecular complexity index is 672. The van der Waals surface area contributed by atoms with Crippen molar-refractivity contribution >= 4 is 29.1 Å². The third-order valence-electron chi connectivity index (χ3n) is 5.67. The Morgan fingerprint density at radius 1 is 1.04 bits per heavy atom. The molecule has 1 saturated heterocycles. The van der Waals surface area contributed by atoms with Crippen molar-refractivity contribution in [2.75, 3.05) is 17.3 Å². The normalized spacial score (nSPS) is 30.6. The molecule has 6 nitrogen and oxygen atoms in total. The molecular formula is C18H21N3O3. The molecule has 2 N–H and O–H groups in total. The molecule has 0 unspecified atom stereocenters. The zero-order valence-corrected chi connectivity index (χ0v) is 13.6. The second-order valence-electron chi connectivity index (χ2n) is 7.08. The minimum absolute atomic E-state index is 0.000401. The fourth-order valence-electron chi connectivity index (χ4n) is 4.67. The first-order valence-corrected chi connectivity index (χ1v) is 8.51. The maximum Gasteiger partial charge on any atom is 0.234 e. The van der Waals surface area contributed by atoms with Crippen molar-refractivity contribution in [3.63, 3.8) is 0 Å². The first-order chi connectivity index (χ1) is 11.5. The number of benzene rings is 1. The lowest BCUT2D eigenvalue weighted by Gasteiger charge is -2.19. The standard InChI is InChI=1S/C18H21N3O3/c1-10(22)20-14-6-4-13(5-7-14)19-9-21-17(23)15-11-2-3-12(8-11)16(15)18(21)24/h4-7,11-12,15-16,19H,2-3,8-9H2,1H3,(H,20,22)/t11-,12+,15-,16-/m0/s1. The topological polar surface area (TPSA) is 78.5 Å². The molecule has 2 aliphatic carbocycles. The molecule has 1 aromatic carbocycles. The number of fused-ring (bicyclic) bond motifs is 5. The number of amides is 3. The number of hydrogen-bond donors (Lipinski definition) is 2. The van der Waals surface area contributed by atoms with Crippen molar-refractivity contribution in [1.82, 2.24) is 4.90 Å². The molecule has 2 bridgehead atoms. The van der Waals surface area contributed by atoms with Gasteiger partial charge in [-0.1, -0.05) is 0 Å². The van der Waals surface area contributed by atoms with Gasteiger partial charge in [-0.15, -0.1) is 0 Å². The highest BCUT2D eigenvalue weighted by molar-refractivity contribution is 6.06. The number of hydrogen-bond acceptors (Lipinski definition) is 4. The van der Waals surface area contributed by atoms with Gasteiger partial charge in [-0.2, -0.15) is 0 Å². The molecule has 4 rings (SSSR count). The molecule has 1 heterocycles. The first-order valence-electron chi connectivity index (χ1n) is 8.51. The lowest BCUT2D eigenvalue weighted by molar-refractivity contribution is -0.140. The van der Waals surface area contributed by atoms with Crippen LogP contribution in [0.1, 0.15) is 26.2 Å². The summed E-state index contributed by atoms with van der Waals surface area (Å²) in [5.74, 6) is 0.571. The number of likely N-dealkylation sites (tertiary alicyclic amines) is 1. The number of rotatable bonds is 4. The van der Waals surface area contributed by atoms with Crippen LogP contribution in [0.15, 0.2) is 24.3 Å². The van der Waals surface area contributed by atoms with E-state index < -0.39 is 0 Å². The summed E-state index contributed by atoms with van der Waals surface area (Å²) in [4.78, 5) is 37.6. The largest absolute Gasteiger partial charge is 0.367 e. The summed E-state index contributed by atoms with van der Waals surface area (Å²) in [5, 5.41) is 5.84. The van der Waals surface area contributed by atoms with Crippen LogP contribution in [0, 0.1) is 23.7 Å². The maximum absolute atomic E-state index is 12.6. The van der Waals surface area contributed by atoms with E-state index in [-0.39, 0.29) is 36.2 Å². The third-order valence-corrected chi connectivity index (χ3v) is 5.67. The lowest BCUT2D eigenvalue weighted by atomic mass is 9.81. The van der Waals surface area contributed by atoms with Gasteiger partial charge in [-0.25, -0.2) is 0 Å². The van der Waals surface area contributed by atoms with Gasteiger partial charge < -0.3 is 10.6 Å². The van der Waals surface area contributed by atoms with Crippen molar-refractivity contribution in [2.24, 2.45) is 23.7 Å². The summed E-state index contributed by atoms with van der Waals surface area (Å²) in [7, 11) is 0. The fourth-order valence-corrected chi connectivity index (χ4v) is 4.67. The molecular weight excluding hydrogens is 306 g/mol. The van der Waals surface area contributed by atoms with Crippen LogP contribution in [0.25, 0.3) is 0 Å². The number of nitrogens with zero attached hydrogens (tertiary/aromatic N) is 1. The van der Waals surface area contributed by atoms with Gasteiger partial charge in [0.25, 0.3) is 0 Å². The molecule has 1 aliphatic heterocycles. The molecule has 3 amide bonds. The van der Waals surface area contributed by atoms with Crippen molar-refractivity contribution in [2.45, 2.75) is 26.2 Å². The predicted octanol–water partition coefficient (Wildman–Crippen LogP) is 2.05. The molecule has 6 heteroatoms. The SMILES string of the molecule is CC(=O)Nc1ccc(NCN2C(=O)[C@H]3[C@@H]4CC[C@@H](C4)[C@@H]3C2=O)cc1. The van der Waals surface area contributed by atoms with Crippen LogP contribution in [0.2, 0.25) is 0 Å². The van der Waals surface area contributed by atoms with Crippen LogP contribution >= 0.6 is 0 Å². The van der Waals surface area contributed by atoms with Crippen molar-refractivity contribution in [3.05, 3.63) is 24.3 Å². The summed E-state index contributed by atoms with van der Waals surface area (Å²) in [5.41, 5.74) is 1.53. The molecule has 4 atom stereocenters. The van der Waals surface area contributed by atoms with Gasteiger partial charge in [-0.3, -0.25) is 19.3 Å². The quantitative estimate of drug-likeness (QED) is 0.830. The Labute approximate surface area is 140 Å². The van der Waals surface area contributed by atoms with E-state index in [1.54, 1.807) is 12.1 Å². The van der Waals surface area contributed by atoms with Gasteiger partial charge in [0.05, 0.1) is 18.5 Å². The summed E-state index contributed by atoms with van der Waals surface area (Å²) < 4.78 is 0. The Morgan fingerprint density at radius 2 is 1.58 bits per heavy atom. The number of anilines is 2. The zero-order valence-electron chi connectivity index (χ0n) is 13.6. The zero-order chi connectivity index (χ0) is 16.8. The van der Waals surface area contributed by atoms with Crippen LogP contribution in [0.3, 0.4) is 0 Å². The van der Waals surface area contributed by atoms with Crippen LogP contribution < -0.4 is 10.6 Å². The molecule has 0 radical (unpaired) electrons. The van der Waals surface area contributed by atoms with Gasteiger partial charge >= 0.3 is 0 Å². The van der Waals surface area contributed by atoms with E-state index in [1.807, 2.05) is 12.1 Å². The number of imide groups is 1. The molecule has 3 aliphatic rings. The Kier molecular flexibility index (Phi) is 3.55. The van der Waals surface area contributed by atoms with Gasteiger partial charge in [-0.05, 0) is 55.4 Å². The van der Waals surface area contributed by atoms with E-state index in [4.69, 9.17) is 0 Å². The summed E-state index contributed by atoms with van der Waals surface area (Å²) in [6.45, 7) is 1.67. The van der Waals surface area contributed by atoms with E-state index in [0.717, 1.165) is 24.9 Å². The first kappa shape index (κ1) is 15.2. The van der Waals surface area contributed by atoms with Crippen LogP contribution in [-0.4, -0.2) is 29.3 Å². The number of carbonyl (C=O) groups excluding carboxylic acids is 3. The molecule has 2 saturated carbocycles. The fraction of sp³-hybridized carbons (Fsp3) is 0.500. The summed E-state index contributed by atoms with van der Waals surface area (Å²) >= 11 is 0. The van der Waals surface area contributed by atoms with Gasteiger partial charge in [0, 0.05) is 18.3 Å². The Hall–Kier alpha value is -2.37. The summed E-state index contributed by atoms with van der Waals surface area (Å²) in [6, 6.07) is 7.21. The molecule has 126 valence electrons. The van der Waals surface area contributed by atoms with Gasteiger partial charge in [0.15, 0.2) is 0 Å². The molecule has 0 spiro atoms. The van der Waals surface area contributed by atoms with Crippen molar-refractivity contribution < 1.29 is 14.4 Å².